The summed E-state index contributed by atoms with van der Waals surface area (Å²) in [5, 5.41) is 0. The van der Waals surface area contributed by atoms with Gasteiger partial charge in [-0.25, -0.2) is 0 Å². The zero-order valence-electron chi connectivity index (χ0n) is 11.0. The highest BCUT2D eigenvalue weighted by Gasteiger charge is 2.32. The molecule has 0 spiro atoms. The van der Waals surface area contributed by atoms with E-state index in [0.717, 1.165) is 0 Å². The summed E-state index contributed by atoms with van der Waals surface area (Å²) in [4.78, 5) is 0. The molecule has 0 radical (unpaired) electrons. The van der Waals surface area contributed by atoms with Crippen LogP contribution in [0.25, 0.3) is 0 Å². The van der Waals surface area contributed by atoms with Gasteiger partial charge in [-0.15, -0.1) is 0 Å². The maximum atomic E-state index is 2.34. The molecule has 1 fully saturated rings. The highest BCUT2D eigenvalue weighted by atomic mass is 14.4. The minimum atomic E-state index is 0.619. The predicted molar refractivity (Wildman–Crippen MR) is 68.8 cm³/mol. The minimum absolute atomic E-state index is 0.619. The summed E-state index contributed by atoms with van der Waals surface area (Å²) in [7, 11) is 0. The van der Waals surface area contributed by atoms with Crippen LogP contribution in [-0.4, -0.2) is 0 Å². The summed E-state index contributed by atoms with van der Waals surface area (Å²) in [5.41, 5.74) is 4.73. The van der Waals surface area contributed by atoms with Gasteiger partial charge in [0.1, 0.15) is 0 Å². The molecule has 0 N–H and O–H groups in total. The second-order valence-corrected chi connectivity index (χ2v) is 4.53. The Labute approximate surface area is 94.8 Å². The van der Waals surface area contributed by atoms with Crippen LogP contribution in [-0.2, 0) is 0 Å². The standard InChI is InChI=1S/C15H24/c1-7-13-10(4)14(8-2)12(6)15(9-3)11(13)5/h7-12H,1-6H3. The van der Waals surface area contributed by atoms with Crippen molar-refractivity contribution in [3.63, 3.8) is 0 Å². The largest absolute Gasteiger partial charge is 0.0873 e. The fraction of sp³-hybridized carbons (Fsp3) is 0.600. The lowest BCUT2D eigenvalue weighted by Crippen LogP contribution is -2.26. The van der Waals surface area contributed by atoms with Crippen LogP contribution in [0.2, 0.25) is 0 Å². The van der Waals surface area contributed by atoms with Crippen LogP contribution in [0.15, 0.2) is 34.9 Å². The van der Waals surface area contributed by atoms with Crippen molar-refractivity contribution in [2.75, 3.05) is 0 Å². The van der Waals surface area contributed by atoms with Gasteiger partial charge in [-0.2, -0.15) is 0 Å². The second kappa shape index (κ2) is 4.83. The van der Waals surface area contributed by atoms with Crippen LogP contribution in [0.1, 0.15) is 41.5 Å². The lowest BCUT2D eigenvalue weighted by atomic mass is 9.67. The van der Waals surface area contributed by atoms with E-state index < -0.39 is 0 Å². The Bertz CT molecular complexity index is 245. The summed E-state index contributed by atoms with van der Waals surface area (Å²) in [5.74, 6) is 1.86. The zero-order chi connectivity index (χ0) is 11.6. The van der Waals surface area contributed by atoms with Gasteiger partial charge in [-0.05, 0) is 38.5 Å². The molecule has 15 heavy (non-hydrogen) atoms. The van der Waals surface area contributed by atoms with Gasteiger partial charge in [0.25, 0.3) is 0 Å². The summed E-state index contributed by atoms with van der Waals surface area (Å²) in [6.45, 7) is 13.5. The van der Waals surface area contributed by atoms with Crippen molar-refractivity contribution in [3.8, 4) is 0 Å². The maximum Gasteiger partial charge on any atom is -0.000987 e. The summed E-state index contributed by atoms with van der Waals surface area (Å²) >= 11 is 0. The molecule has 0 aromatic rings. The van der Waals surface area contributed by atoms with Gasteiger partial charge in [-0.1, -0.05) is 55.7 Å². The minimum Gasteiger partial charge on any atom is -0.0873 e. The Kier molecular flexibility index (Phi) is 3.96. The van der Waals surface area contributed by atoms with Crippen LogP contribution < -0.4 is 0 Å². The van der Waals surface area contributed by atoms with Crippen molar-refractivity contribution in [1.82, 2.24) is 0 Å². The quantitative estimate of drug-likeness (QED) is 0.500. The van der Waals surface area contributed by atoms with E-state index in [4.69, 9.17) is 0 Å². The summed E-state index contributed by atoms with van der Waals surface area (Å²) in [6, 6.07) is 0. The SMILES string of the molecule is CC=C1C(C)C(=CC)C(C)C(=CC)C1C. The van der Waals surface area contributed by atoms with Gasteiger partial charge in [0.15, 0.2) is 0 Å². The number of allylic oxidation sites excluding steroid dienone is 6. The Balaban J connectivity index is 3.22. The van der Waals surface area contributed by atoms with E-state index in [1.165, 1.54) is 0 Å². The number of hydrogen-bond acceptors (Lipinski definition) is 0. The molecule has 1 rings (SSSR count). The molecular formula is C15H24. The first kappa shape index (κ1) is 12.3. The van der Waals surface area contributed by atoms with Gasteiger partial charge in [0.2, 0.25) is 0 Å². The van der Waals surface area contributed by atoms with Gasteiger partial charge < -0.3 is 0 Å². The van der Waals surface area contributed by atoms with Crippen molar-refractivity contribution in [2.45, 2.75) is 41.5 Å². The molecule has 0 nitrogen and oxygen atoms in total. The van der Waals surface area contributed by atoms with Crippen molar-refractivity contribution in [2.24, 2.45) is 17.8 Å². The fourth-order valence-corrected chi connectivity index (χ4v) is 3.20. The van der Waals surface area contributed by atoms with Gasteiger partial charge in [-0.3, -0.25) is 0 Å². The van der Waals surface area contributed by atoms with Gasteiger partial charge >= 0.3 is 0 Å². The summed E-state index contributed by atoms with van der Waals surface area (Å²) < 4.78 is 0. The molecule has 84 valence electrons. The lowest BCUT2D eigenvalue weighted by molar-refractivity contribution is 0.508. The molecule has 1 saturated carbocycles. The molecule has 0 aromatic carbocycles. The van der Waals surface area contributed by atoms with Gasteiger partial charge in [0, 0.05) is 0 Å². The maximum absolute atomic E-state index is 2.34. The Morgan fingerprint density at radius 2 is 0.800 bits per heavy atom. The third-order valence-electron chi connectivity index (χ3n) is 4.00. The van der Waals surface area contributed by atoms with E-state index in [2.05, 4.69) is 59.8 Å². The van der Waals surface area contributed by atoms with Crippen molar-refractivity contribution < 1.29 is 0 Å². The van der Waals surface area contributed by atoms with E-state index in [9.17, 15) is 0 Å². The molecule has 0 atom stereocenters. The van der Waals surface area contributed by atoms with E-state index in [-0.39, 0.29) is 0 Å². The highest BCUT2D eigenvalue weighted by Crippen LogP contribution is 2.44. The zero-order valence-corrected chi connectivity index (χ0v) is 11.0. The molecule has 0 unspecified atom stereocenters. The van der Waals surface area contributed by atoms with Crippen LogP contribution >= 0.6 is 0 Å². The average molecular weight is 204 g/mol. The van der Waals surface area contributed by atoms with E-state index >= 15 is 0 Å². The molecule has 0 aromatic heterocycles. The molecule has 0 amide bonds. The Hall–Kier alpha value is -0.780. The van der Waals surface area contributed by atoms with Crippen LogP contribution in [0.3, 0.4) is 0 Å². The molecule has 1 aliphatic rings. The average Bonchev–Trinajstić information content (AvgIpc) is 2.19. The van der Waals surface area contributed by atoms with Crippen LogP contribution in [0, 0.1) is 17.8 Å². The molecule has 0 bridgehead atoms. The molecule has 0 heterocycles. The lowest BCUT2D eigenvalue weighted by Gasteiger charge is -2.38. The highest BCUT2D eigenvalue weighted by molar-refractivity contribution is 5.39. The monoisotopic (exact) mass is 204 g/mol. The van der Waals surface area contributed by atoms with Crippen LogP contribution in [0.4, 0.5) is 0 Å². The summed E-state index contributed by atoms with van der Waals surface area (Å²) in [6.07, 6.45) is 6.90. The predicted octanol–water partition coefficient (Wildman–Crippen LogP) is 4.75. The number of hydrogen-bond donors (Lipinski definition) is 0. The van der Waals surface area contributed by atoms with Crippen molar-refractivity contribution in [1.29, 1.82) is 0 Å². The molecule has 0 aliphatic heterocycles. The van der Waals surface area contributed by atoms with Crippen LogP contribution in [0.5, 0.6) is 0 Å². The first-order valence-corrected chi connectivity index (χ1v) is 6.06. The second-order valence-electron chi connectivity index (χ2n) is 4.53. The molecule has 0 heteroatoms. The van der Waals surface area contributed by atoms with E-state index in [1.54, 1.807) is 16.7 Å². The third kappa shape index (κ3) is 1.95. The first-order valence-electron chi connectivity index (χ1n) is 6.06. The van der Waals surface area contributed by atoms with Gasteiger partial charge in [0.05, 0.1) is 0 Å². The van der Waals surface area contributed by atoms with E-state index in [1.807, 2.05) is 0 Å². The Morgan fingerprint density at radius 3 is 0.933 bits per heavy atom. The normalized spacial score (nSPS) is 31.6. The molecule has 1 aliphatic carbocycles. The van der Waals surface area contributed by atoms with E-state index in [0.29, 0.717) is 17.8 Å². The van der Waals surface area contributed by atoms with Crippen molar-refractivity contribution in [3.05, 3.63) is 34.9 Å². The first-order chi connectivity index (χ1) is 7.08. The topological polar surface area (TPSA) is 0 Å². The fourth-order valence-electron chi connectivity index (χ4n) is 3.20. The molecule has 0 saturated heterocycles. The third-order valence-corrected chi connectivity index (χ3v) is 4.00. The van der Waals surface area contributed by atoms with Crippen molar-refractivity contribution >= 4 is 0 Å². The smallest absolute Gasteiger partial charge is 0.000987 e. The Morgan fingerprint density at radius 1 is 0.600 bits per heavy atom. The number of rotatable bonds is 0. The molecular weight excluding hydrogens is 180 g/mol.